The lowest BCUT2D eigenvalue weighted by molar-refractivity contribution is 0.101. The first-order chi connectivity index (χ1) is 14.9. The van der Waals surface area contributed by atoms with E-state index in [0.717, 1.165) is 42.8 Å². The normalized spacial score (nSPS) is 21.1. The maximum atomic E-state index is 13.4. The molecule has 0 amide bonds. The van der Waals surface area contributed by atoms with Crippen LogP contribution in [0.4, 0.5) is 16.2 Å². The predicted molar refractivity (Wildman–Crippen MR) is 125 cm³/mol. The lowest BCUT2D eigenvalue weighted by Gasteiger charge is -2.46. The molecule has 168 valence electrons. The largest absolute Gasteiger partial charge is 0.395 e. The Hall–Kier alpha value is -1.48. The molecule has 2 atom stereocenters. The van der Waals surface area contributed by atoms with E-state index in [1.54, 1.807) is 12.3 Å². The summed E-state index contributed by atoms with van der Waals surface area (Å²) in [5.41, 5.74) is 0.809. The lowest BCUT2D eigenvalue weighted by Crippen LogP contribution is -2.54. The molecule has 0 bridgehead atoms. The summed E-state index contributed by atoms with van der Waals surface area (Å²) in [5.74, 6) is 2.36. The number of aromatic nitrogens is 2. The molecular formula is C22H28BrClFN5O. The molecule has 31 heavy (non-hydrogen) atoms. The SMILES string of the molecule is C[C@@H](Nc1nc(N2CC([C@H]3CCCN(CCO)C3)C2)ncc1Br)c1ccc(F)cc1Cl. The fraction of sp³-hybridized carbons (Fsp3) is 0.545. The number of hydrogen-bond acceptors (Lipinski definition) is 6. The second kappa shape index (κ2) is 9.98. The number of aliphatic hydroxyl groups is 1. The predicted octanol–water partition coefficient (Wildman–Crippen LogP) is 4.35. The fourth-order valence-electron chi connectivity index (χ4n) is 4.54. The van der Waals surface area contributed by atoms with Crippen LogP contribution in [0, 0.1) is 17.7 Å². The molecule has 0 saturated carbocycles. The minimum atomic E-state index is -0.351. The van der Waals surface area contributed by atoms with Crippen LogP contribution in [0.25, 0.3) is 0 Å². The summed E-state index contributed by atoms with van der Waals surface area (Å²) >= 11 is 9.74. The Kier molecular flexibility index (Phi) is 7.31. The highest BCUT2D eigenvalue weighted by Gasteiger charge is 2.37. The minimum absolute atomic E-state index is 0.143. The molecule has 2 aromatic rings. The molecule has 2 aliphatic rings. The number of anilines is 2. The van der Waals surface area contributed by atoms with Gasteiger partial charge >= 0.3 is 0 Å². The van der Waals surface area contributed by atoms with Crippen LogP contribution in [-0.2, 0) is 0 Å². The van der Waals surface area contributed by atoms with Crippen molar-refractivity contribution in [3.63, 3.8) is 0 Å². The number of halogens is 3. The van der Waals surface area contributed by atoms with E-state index >= 15 is 0 Å². The van der Waals surface area contributed by atoms with Gasteiger partial charge in [0.1, 0.15) is 11.6 Å². The van der Waals surface area contributed by atoms with E-state index in [0.29, 0.717) is 28.6 Å². The van der Waals surface area contributed by atoms with Crippen LogP contribution < -0.4 is 10.2 Å². The van der Waals surface area contributed by atoms with Crippen molar-refractivity contribution in [2.24, 2.45) is 11.8 Å². The second-order valence-electron chi connectivity index (χ2n) is 8.49. The van der Waals surface area contributed by atoms with Crippen LogP contribution in [0.3, 0.4) is 0 Å². The molecule has 9 heteroatoms. The van der Waals surface area contributed by atoms with E-state index in [-0.39, 0.29) is 18.5 Å². The monoisotopic (exact) mass is 511 g/mol. The highest BCUT2D eigenvalue weighted by atomic mass is 79.9. The average Bonchev–Trinajstić information content (AvgIpc) is 2.70. The Bertz CT molecular complexity index is 911. The van der Waals surface area contributed by atoms with E-state index in [4.69, 9.17) is 16.6 Å². The zero-order valence-electron chi connectivity index (χ0n) is 17.6. The maximum absolute atomic E-state index is 13.4. The minimum Gasteiger partial charge on any atom is -0.395 e. The number of β-amino-alcohol motifs (C(OH)–C–C–N with tert-alkyl or cyclic N) is 1. The van der Waals surface area contributed by atoms with Crippen molar-refractivity contribution in [2.75, 3.05) is 49.5 Å². The third-order valence-corrected chi connectivity index (χ3v) is 7.24. The van der Waals surface area contributed by atoms with Gasteiger partial charge in [-0.15, -0.1) is 0 Å². The van der Waals surface area contributed by atoms with Crippen molar-refractivity contribution in [2.45, 2.75) is 25.8 Å². The molecule has 0 radical (unpaired) electrons. The summed E-state index contributed by atoms with van der Waals surface area (Å²) in [6.45, 7) is 7.05. The summed E-state index contributed by atoms with van der Waals surface area (Å²) in [6, 6.07) is 4.28. The number of nitrogens with one attached hydrogen (secondary N) is 1. The van der Waals surface area contributed by atoms with Gasteiger partial charge in [0.25, 0.3) is 0 Å². The number of likely N-dealkylation sites (tertiary alicyclic amines) is 1. The van der Waals surface area contributed by atoms with Gasteiger partial charge in [-0.2, -0.15) is 4.98 Å². The van der Waals surface area contributed by atoms with Crippen molar-refractivity contribution in [3.05, 3.63) is 45.3 Å². The van der Waals surface area contributed by atoms with Gasteiger partial charge in [0.05, 0.1) is 17.1 Å². The van der Waals surface area contributed by atoms with Gasteiger partial charge in [0.2, 0.25) is 5.95 Å². The molecule has 2 fully saturated rings. The Morgan fingerprint density at radius 2 is 2.13 bits per heavy atom. The number of aliphatic hydroxyl groups excluding tert-OH is 1. The van der Waals surface area contributed by atoms with E-state index in [1.807, 2.05) is 6.92 Å². The highest BCUT2D eigenvalue weighted by Crippen LogP contribution is 2.34. The second-order valence-corrected chi connectivity index (χ2v) is 9.75. The number of hydrogen-bond donors (Lipinski definition) is 2. The van der Waals surface area contributed by atoms with Crippen molar-refractivity contribution in [1.82, 2.24) is 14.9 Å². The molecule has 6 nitrogen and oxygen atoms in total. The van der Waals surface area contributed by atoms with Crippen LogP contribution in [0.2, 0.25) is 5.02 Å². The van der Waals surface area contributed by atoms with Gasteiger partial charge in [0.15, 0.2) is 0 Å². The van der Waals surface area contributed by atoms with Gasteiger partial charge in [-0.25, -0.2) is 9.37 Å². The van der Waals surface area contributed by atoms with Crippen LogP contribution in [-0.4, -0.2) is 59.3 Å². The summed E-state index contributed by atoms with van der Waals surface area (Å²) in [7, 11) is 0. The Balaban J connectivity index is 1.38. The van der Waals surface area contributed by atoms with Gasteiger partial charge in [-0.1, -0.05) is 17.7 Å². The highest BCUT2D eigenvalue weighted by molar-refractivity contribution is 9.10. The van der Waals surface area contributed by atoms with Crippen molar-refractivity contribution in [3.8, 4) is 0 Å². The Labute approximate surface area is 195 Å². The Morgan fingerprint density at radius 1 is 1.32 bits per heavy atom. The maximum Gasteiger partial charge on any atom is 0.227 e. The van der Waals surface area contributed by atoms with Crippen molar-refractivity contribution < 1.29 is 9.50 Å². The van der Waals surface area contributed by atoms with Crippen molar-refractivity contribution >= 4 is 39.3 Å². The molecule has 4 rings (SSSR count). The molecule has 0 spiro atoms. The van der Waals surface area contributed by atoms with Gasteiger partial charge in [-0.3, -0.25) is 0 Å². The van der Waals surface area contributed by atoms with E-state index in [1.165, 1.54) is 25.0 Å². The van der Waals surface area contributed by atoms with Crippen LogP contribution >= 0.6 is 27.5 Å². The molecule has 0 unspecified atom stereocenters. The third kappa shape index (κ3) is 5.30. The molecule has 3 heterocycles. The average molecular weight is 513 g/mol. The first-order valence-corrected chi connectivity index (χ1v) is 11.9. The molecular weight excluding hydrogens is 485 g/mol. The van der Waals surface area contributed by atoms with Crippen LogP contribution in [0.15, 0.2) is 28.9 Å². The standard InChI is InChI=1S/C22H28BrClFN5O/c1-14(18-5-4-17(25)9-20(18)24)27-21-19(23)10-26-22(28-21)30-12-16(13-30)15-3-2-6-29(11-15)7-8-31/h4-5,9-10,14-16,31H,2-3,6-8,11-13H2,1H3,(H,26,27,28)/t14-,15+/m1/s1. The zero-order chi connectivity index (χ0) is 22.0. The van der Waals surface area contributed by atoms with Gasteiger partial charge < -0.3 is 20.2 Å². The summed E-state index contributed by atoms with van der Waals surface area (Å²) in [5, 5.41) is 13.0. The summed E-state index contributed by atoms with van der Waals surface area (Å²) in [6.07, 6.45) is 4.22. The van der Waals surface area contributed by atoms with Crippen LogP contribution in [0.5, 0.6) is 0 Å². The third-order valence-electron chi connectivity index (χ3n) is 6.33. The van der Waals surface area contributed by atoms with E-state index in [9.17, 15) is 9.50 Å². The van der Waals surface area contributed by atoms with Crippen LogP contribution in [0.1, 0.15) is 31.4 Å². The van der Waals surface area contributed by atoms with Gasteiger partial charge in [-0.05, 0) is 71.8 Å². The summed E-state index contributed by atoms with van der Waals surface area (Å²) in [4.78, 5) is 13.8. The topological polar surface area (TPSA) is 64.5 Å². The summed E-state index contributed by atoms with van der Waals surface area (Å²) < 4.78 is 14.1. The molecule has 2 N–H and O–H groups in total. The molecule has 1 aromatic heterocycles. The van der Waals surface area contributed by atoms with E-state index < -0.39 is 0 Å². The molecule has 2 aliphatic heterocycles. The lowest BCUT2D eigenvalue weighted by atomic mass is 9.81. The number of nitrogens with zero attached hydrogens (tertiary/aromatic N) is 4. The van der Waals surface area contributed by atoms with E-state index in [2.05, 4.69) is 36.0 Å². The first kappa shape index (κ1) is 22.7. The molecule has 1 aromatic carbocycles. The number of piperidine rings is 1. The number of rotatable bonds is 7. The Morgan fingerprint density at radius 3 is 2.87 bits per heavy atom. The first-order valence-electron chi connectivity index (χ1n) is 10.8. The molecule has 2 saturated heterocycles. The smallest absolute Gasteiger partial charge is 0.227 e. The van der Waals surface area contributed by atoms with Gasteiger partial charge in [0, 0.05) is 37.4 Å². The zero-order valence-corrected chi connectivity index (χ0v) is 19.9. The molecule has 0 aliphatic carbocycles. The quantitative estimate of drug-likeness (QED) is 0.575. The van der Waals surface area contributed by atoms with Crippen molar-refractivity contribution in [1.29, 1.82) is 0 Å². The fourth-order valence-corrected chi connectivity index (χ4v) is 5.18. The number of benzene rings is 1.